The summed E-state index contributed by atoms with van der Waals surface area (Å²) in [5.74, 6) is -2.74. The molecule has 0 spiro atoms. The van der Waals surface area contributed by atoms with Gasteiger partial charge >= 0.3 is 0 Å². The summed E-state index contributed by atoms with van der Waals surface area (Å²) in [7, 11) is 1.56. The summed E-state index contributed by atoms with van der Waals surface area (Å²) in [6, 6.07) is 0.698. The van der Waals surface area contributed by atoms with Crippen molar-refractivity contribution in [2.45, 2.75) is 13.0 Å². The number of halogens is 3. The highest BCUT2D eigenvalue weighted by molar-refractivity contribution is 5.24. The first kappa shape index (κ1) is 13.0. The van der Waals surface area contributed by atoms with Crippen LogP contribution < -0.4 is 5.32 Å². The normalized spacial score (nSPS) is 12.8. The number of likely N-dealkylation sites (N-methyl/N-ethyl adjacent to an activating group) is 1. The van der Waals surface area contributed by atoms with Crippen LogP contribution in [-0.2, 0) is 4.74 Å². The molecule has 0 amide bonds. The quantitative estimate of drug-likeness (QED) is 0.843. The highest BCUT2D eigenvalue weighted by Crippen LogP contribution is 2.22. The largest absolute Gasteiger partial charge is 0.380 e. The average Bonchev–Trinajstić information content (AvgIpc) is 2.21. The van der Waals surface area contributed by atoms with E-state index in [9.17, 15) is 13.2 Å². The van der Waals surface area contributed by atoms with E-state index in [4.69, 9.17) is 4.74 Å². The lowest BCUT2D eigenvalue weighted by molar-refractivity contribution is 0.123. The number of hydrogen-bond acceptors (Lipinski definition) is 2. The van der Waals surface area contributed by atoms with E-state index >= 15 is 0 Å². The van der Waals surface area contributed by atoms with E-state index < -0.39 is 23.5 Å². The van der Waals surface area contributed by atoms with Crippen molar-refractivity contribution in [3.63, 3.8) is 0 Å². The average molecular weight is 233 g/mol. The molecule has 1 N–H and O–H groups in total. The van der Waals surface area contributed by atoms with Gasteiger partial charge in [0.15, 0.2) is 0 Å². The molecule has 0 aliphatic heterocycles. The smallest absolute Gasteiger partial charge is 0.133 e. The Bertz CT molecular complexity index is 334. The van der Waals surface area contributed by atoms with E-state index in [0.717, 1.165) is 0 Å². The zero-order valence-electron chi connectivity index (χ0n) is 9.19. The van der Waals surface area contributed by atoms with Crippen molar-refractivity contribution in [2.75, 3.05) is 20.3 Å². The van der Waals surface area contributed by atoms with Crippen LogP contribution in [0.5, 0.6) is 0 Å². The van der Waals surface area contributed by atoms with Crippen molar-refractivity contribution in [2.24, 2.45) is 0 Å². The molecule has 0 saturated heterocycles. The van der Waals surface area contributed by atoms with Crippen LogP contribution in [0.1, 0.15) is 18.5 Å². The second-order valence-corrected chi connectivity index (χ2v) is 3.28. The third-order valence-electron chi connectivity index (χ3n) is 2.23. The summed E-state index contributed by atoms with van der Waals surface area (Å²) >= 11 is 0. The number of benzene rings is 1. The van der Waals surface area contributed by atoms with Crippen LogP contribution in [0.2, 0.25) is 0 Å². The SMILES string of the molecule is CCOCC(NC)c1c(F)cc(F)cc1F. The molecule has 0 heterocycles. The molecule has 0 fully saturated rings. The summed E-state index contributed by atoms with van der Waals surface area (Å²) in [5.41, 5.74) is -0.197. The van der Waals surface area contributed by atoms with Gasteiger partial charge in [-0.1, -0.05) is 0 Å². The minimum Gasteiger partial charge on any atom is -0.380 e. The molecule has 0 radical (unpaired) electrons. The van der Waals surface area contributed by atoms with Gasteiger partial charge in [-0.15, -0.1) is 0 Å². The van der Waals surface area contributed by atoms with Gasteiger partial charge in [-0.3, -0.25) is 0 Å². The monoisotopic (exact) mass is 233 g/mol. The Balaban J connectivity index is 2.99. The summed E-state index contributed by atoms with van der Waals surface area (Å²) in [4.78, 5) is 0. The van der Waals surface area contributed by atoms with E-state index in [2.05, 4.69) is 5.32 Å². The second kappa shape index (κ2) is 5.86. The van der Waals surface area contributed by atoms with Crippen LogP contribution in [0.25, 0.3) is 0 Å². The first-order valence-electron chi connectivity index (χ1n) is 4.99. The molecule has 0 saturated carbocycles. The molecule has 1 aromatic carbocycles. The molecule has 0 aliphatic rings. The topological polar surface area (TPSA) is 21.3 Å². The van der Waals surface area contributed by atoms with Crippen LogP contribution >= 0.6 is 0 Å². The van der Waals surface area contributed by atoms with Crippen molar-refractivity contribution in [3.8, 4) is 0 Å². The van der Waals surface area contributed by atoms with Gasteiger partial charge in [-0.25, -0.2) is 13.2 Å². The molecule has 0 aromatic heterocycles. The summed E-state index contributed by atoms with van der Waals surface area (Å²) in [6.07, 6.45) is 0. The molecule has 1 atom stereocenters. The zero-order chi connectivity index (χ0) is 12.1. The summed E-state index contributed by atoms with van der Waals surface area (Å²) in [6.45, 7) is 2.36. The summed E-state index contributed by atoms with van der Waals surface area (Å²) in [5, 5.41) is 2.73. The Hall–Kier alpha value is -1.07. The van der Waals surface area contributed by atoms with E-state index in [-0.39, 0.29) is 12.2 Å². The van der Waals surface area contributed by atoms with E-state index in [1.165, 1.54) is 0 Å². The predicted octanol–water partition coefficient (Wildman–Crippen LogP) is 2.40. The minimum atomic E-state index is -0.926. The van der Waals surface area contributed by atoms with E-state index in [0.29, 0.717) is 18.7 Å². The van der Waals surface area contributed by atoms with E-state index in [1.807, 2.05) is 0 Å². The number of hydrogen-bond donors (Lipinski definition) is 1. The van der Waals surface area contributed by atoms with Crippen molar-refractivity contribution in [1.29, 1.82) is 0 Å². The van der Waals surface area contributed by atoms with Gasteiger partial charge in [-0.05, 0) is 14.0 Å². The molecule has 1 unspecified atom stereocenters. The van der Waals surface area contributed by atoms with Crippen LogP contribution in [0.3, 0.4) is 0 Å². The maximum atomic E-state index is 13.4. The van der Waals surface area contributed by atoms with Crippen LogP contribution in [0.4, 0.5) is 13.2 Å². The lowest BCUT2D eigenvalue weighted by Crippen LogP contribution is -2.24. The molecular formula is C11H14F3NO. The minimum absolute atomic E-state index is 0.131. The molecule has 0 bridgehead atoms. The maximum absolute atomic E-state index is 13.4. The summed E-state index contributed by atoms with van der Waals surface area (Å²) < 4.78 is 44.6. The lowest BCUT2D eigenvalue weighted by Gasteiger charge is -2.17. The molecule has 5 heteroatoms. The van der Waals surface area contributed by atoms with Crippen LogP contribution in [0, 0.1) is 17.5 Å². The predicted molar refractivity (Wildman–Crippen MR) is 54.6 cm³/mol. The molecular weight excluding hydrogens is 219 g/mol. The second-order valence-electron chi connectivity index (χ2n) is 3.28. The first-order chi connectivity index (χ1) is 7.60. The van der Waals surface area contributed by atoms with Crippen LogP contribution in [-0.4, -0.2) is 20.3 Å². The highest BCUT2D eigenvalue weighted by atomic mass is 19.1. The van der Waals surface area contributed by atoms with Gasteiger partial charge in [-0.2, -0.15) is 0 Å². The van der Waals surface area contributed by atoms with Gasteiger partial charge in [0.1, 0.15) is 17.5 Å². The van der Waals surface area contributed by atoms with Gasteiger partial charge in [0, 0.05) is 24.3 Å². The third-order valence-corrected chi connectivity index (χ3v) is 2.23. The Kier molecular flexibility index (Phi) is 4.76. The fourth-order valence-corrected chi connectivity index (χ4v) is 1.43. The van der Waals surface area contributed by atoms with Gasteiger partial charge in [0.25, 0.3) is 0 Å². The lowest BCUT2D eigenvalue weighted by atomic mass is 10.1. The Morgan fingerprint density at radius 3 is 2.25 bits per heavy atom. The standard InChI is InChI=1S/C11H14F3NO/c1-3-16-6-10(15-2)11-8(13)4-7(12)5-9(11)14/h4-5,10,15H,3,6H2,1-2H3. The fraction of sp³-hybridized carbons (Fsp3) is 0.455. The number of ether oxygens (including phenoxy) is 1. The molecule has 2 nitrogen and oxygen atoms in total. The maximum Gasteiger partial charge on any atom is 0.133 e. The van der Waals surface area contributed by atoms with Crippen LogP contribution in [0.15, 0.2) is 12.1 Å². The highest BCUT2D eigenvalue weighted by Gasteiger charge is 2.20. The van der Waals surface area contributed by atoms with Crippen molar-refractivity contribution in [3.05, 3.63) is 35.1 Å². The van der Waals surface area contributed by atoms with E-state index in [1.54, 1.807) is 14.0 Å². The molecule has 0 aliphatic carbocycles. The van der Waals surface area contributed by atoms with Crippen molar-refractivity contribution < 1.29 is 17.9 Å². The van der Waals surface area contributed by atoms with Gasteiger partial charge in [0.05, 0.1) is 12.6 Å². The first-order valence-corrected chi connectivity index (χ1v) is 4.99. The Morgan fingerprint density at radius 2 is 1.81 bits per heavy atom. The van der Waals surface area contributed by atoms with Gasteiger partial charge < -0.3 is 10.1 Å². The van der Waals surface area contributed by atoms with Crippen molar-refractivity contribution >= 4 is 0 Å². The molecule has 1 aromatic rings. The van der Waals surface area contributed by atoms with Gasteiger partial charge in [0.2, 0.25) is 0 Å². The Morgan fingerprint density at radius 1 is 1.25 bits per heavy atom. The molecule has 90 valence electrons. The third kappa shape index (κ3) is 2.96. The number of nitrogens with one attached hydrogen (secondary N) is 1. The molecule has 16 heavy (non-hydrogen) atoms. The van der Waals surface area contributed by atoms with Crippen molar-refractivity contribution in [1.82, 2.24) is 5.32 Å². The zero-order valence-corrected chi connectivity index (χ0v) is 9.19. The Labute approximate surface area is 92.4 Å². The fourth-order valence-electron chi connectivity index (χ4n) is 1.43. The molecule has 1 rings (SSSR count). The number of rotatable bonds is 5.